The Kier molecular flexibility index (Phi) is 6.54. The molecule has 1 heterocycles. The first kappa shape index (κ1) is 19.2. The summed E-state index contributed by atoms with van der Waals surface area (Å²) in [5, 5.41) is 3.70. The van der Waals surface area contributed by atoms with E-state index in [4.69, 9.17) is 28.9 Å². The van der Waals surface area contributed by atoms with Gasteiger partial charge in [0.2, 0.25) is 5.91 Å². The van der Waals surface area contributed by atoms with Crippen LogP contribution in [0.4, 0.5) is 5.69 Å². The highest BCUT2D eigenvalue weighted by molar-refractivity contribution is 6.39. The summed E-state index contributed by atoms with van der Waals surface area (Å²) in [6.45, 7) is 3.17. The second kappa shape index (κ2) is 8.87. The number of anilines is 1. The summed E-state index contributed by atoms with van der Waals surface area (Å²) in [6, 6.07) is 15.6. The zero-order valence-electron chi connectivity index (χ0n) is 14.5. The van der Waals surface area contributed by atoms with E-state index in [1.165, 1.54) is 5.56 Å². The molecule has 0 aromatic heterocycles. The number of hydrogen-bond donors (Lipinski definition) is 2. The number of benzene rings is 2. The van der Waals surface area contributed by atoms with Gasteiger partial charge >= 0.3 is 0 Å². The van der Waals surface area contributed by atoms with E-state index in [9.17, 15) is 4.79 Å². The summed E-state index contributed by atoms with van der Waals surface area (Å²) < 4.78 is 0. The third kappa shape index (κ3) is 4.57. The number of carbonyl (C=O) groups excluding carboxylic acids is 1. The van der Waals surface area contributed by atoms with Gasteiger partial charge in [-0.2, -0.15) is 0 Å². The van der Waals surface area contributed by atoms with Crippen molar-refractivity contribution in [2.75, 3.05) is 31.5 Å². The average Bonchev–Trinajstić information content (AvgIpc) is 3.07. The van der Waals surface area contributed by atoms with E-state index in [0.29, 0.717) is 47.1 Å². The van der Waals surface area contributed by atoms with Gasteiger partial charge in [0.05, 0.1) is 15.7 Å². The molecular formula is C20H23Cl2N3O. The van der Waals surface area contributed by atoms with Gasteiger partial charge in [-0.05, 0) is 30.2 Å². The molecule has 0 radical (unpaired) electrons. The monoisotopic (exact) mass is 391 g/mol. The molecule has 1 fully saturated rings. The van der Waals surface area contributed by atoms with Crippen LogP contribution in [0.3, 0.4) is 0 Å². The van der Waals surface area contributed by atoms with Gasteiger partial charge in [0.1, 0.15) is 0 Å². The summed E-state index contributed by atoms with van der Waals surface area (Å²) in [4.78, 5) is 14.6. The molecule has 0 unspecified atom stereocenters. The fraction of sp³-hybridized carbons (Fsp3) is 0.350. The Morgan fingerprint density at radius 1 is 1.08 bits per heavy atom. The number of amides is 1. The molecule has 26 heavy (non-hydrogen) atoms. The first-order valence-corrected chi connectivity index (χ1v) is 9.55. The van der Waals surface area contributed by atoms with Gasteiger partial charge in [0.25, 0.3) is 0 Å². The molecular weight excluding hydrogens is 369 g/mol. The van der Waals surface area contributed by atoms with Crippen LogP contribution in [0.1, 0.15) is 17.9 Å². The number of halogens is 2. The molecule has 1 saturated heterocycles. The highest BCUT2D eigenvalue weighted by Crippen LogP contribution is 2.32. The van der Waals surface area contributed by atoms with Gasteiger partial charge in [-0.1, -0.05) is 59.6 Å². The largest absolute Gasteiger partial charge is 0.330 e. The number of para-hydroxylation sites is 1. The molecule has 2 aromatic rings. The molecule has 3 N–H and O–H groups in total. The highest BCUT2D eigenvalue weighted by Gasteiger charge is 2.32. The van der Waals surface area contributed by atoms with E-state index >= 15 is 0 Å². The number of carbonyl (C=O) groups is 1. The van der Waals surface area contributed by atoms with E-state index in [1.807, 2.05) is 6.07 Å². The van der Waals surface area contributed by atoms with Gasteiger partial charge in [-0.3, -0.25) is 4.79 Å². The summed E-state index contributed by atoms with van der Waals surface area (Å²) in [6.07, 6.45) is 0.389. The van der Waals surface area contributed by atoms with Gasteiger partial charge < -0.3 is 16.0 Å². The maximum Gasteiger partial charge on any atom is 0.225 e. The summed E-state index contributed by atoms with van der Waals surface area (Å²) in [5.41, 5.74) is 7.77. The maximum atomic E-state index is 12.3. The quantitative estimate of drug-likeness (QED) is 0.782. The SMILES string of the molecule is NC[C@@H]1CN(CCC(=O)Nc2c(Cl)cccc2Cl)C[C@H]1c1ccccc1. The van der Waals surface area contributed by atoms with Crippen molar-refractivity contribution < 1.29 is 4.79 Å². The predicted molar refractivity (Wildman–Crippen MR) is 108 cm³/mol. The van der Waals surface area contributed by atoms with Crippen molar-refractivity contribution in [3.63, 3.8) is 0 Å². The fourth-order valence-electron chi connectivity index (χ4n) is 3.54. The lowest BCUT2D eigenvalue weighted by Gasteiger charge is -2.17. The lowest BCUT2D eigenvalue weighted by Crippen LogP contribution is -2.27. The molecule has 2 aromatic carbocycles. The van der Waals surface area contributed by atoms with Crippen LogP contribution >= 0.6 is 23.2 Å². The first-order valence-electron chi connectivity index (χ1n) is 8.79. The number of hydrogen-bond acceptors (Lipinski definition) is 3. The normalized spacial score (nSPS) is 20.3. The Bertz CT molecular complexity index is 734. The number of nitrogens with one attached hydrogen (secondary N) is 1. The first-order chi connectivity index (χ1) is 12.6. The Morgan fingerprint density at radius 3 is 2.42 bits per heavy atom. The van der Waals surface area contributed by atoms with Crippen LogP contribution in [0, 0.1) is 5.92 Å². The number of nitrogens with two attached hydrogens (primary N) is 1. The van der Waals surface area contributed by atoms with E-state index in [1.54, 1.807) is 18.2 Å². The smallest absolute Gasteiger partial charge is 0.225 e. The van der Waals surface area contributed by atoms with Crippen LogP contribution in [0.5, 0.6) is 0 Å². The van der Waals surface area contributed by atoms with Crippen LogP contribution in [0.25, 0.3) is 0 Å². The van der Waals surface area contributed by atoms with Gasteiger partial charge in [-0.15, -0.1) is 0 Å². The molecule has 3 rings (SSSR count). The third-order valence-electron chi connectivity index (χ3n) is 4.93. The minimum Gasteiger partial charge on any atom is -0.330 e. The molecule has 0 saturated carbocycles. The van der Waals surface area contributed by atoms with E-state index in [0.717, 1.165) is 13.1 Å². The fourth-order valence-corrected chi connectivity index (χ4v) is 4.03. The van der Waals surface area contributed by atoms with Crippen molar-refractivity contribution >= 4 is 34.8 Å². The van der Waals surface area contributed by atoms with Crippen molar-refractivity contribution in [2.24, 2.45) is 11.7 Å². The molecule has 138 valence electrons. The molecule has 1 aliphatic heterocycles. The van der Waals surface area contributed by atoms with Gasteiger partial charge in [-0.25, -0.2) is 0 Å². The zero-order chi connectivity index (χ0) is 18.5. The molecule has 2 atom stereocenters. The van der Waals surface area contributed by atoms with Crippen LogP contribution in [0.2, 0.25) is 10.0 Å². The van der Waals surface area contributed by atoms with Crippen molar-refractivity contribution in [1.29, 1.82) is 0 Å². The Balaban J connectivity index is 1.56. The molecule has 0 spiro atoms. The summed E-state index contributed by atoms with van der Waals surface area (Å²) >= 11 is 12.2. The Morgan fingerprint density at radius 2 is 1.77 bits per heavy atom. The molecule has 6 heteroatoms. The minimum absolute atomic E-state index is 0.0903. The minimum atomic E-state index is -0.0903. The van der Waals surface area contributed by atoms with Crippen LogP contribution < -0.4 is 11.1 Å². The Labute approximate surface area is 164 Å². The molecule has 4 nitrogen and oxygen atoms in total. The summed E-state index contributed by atoms with van der Waals surface area (Å²) in [7, 11) is 0. The lowest BCUT2D eigenvalue weighted by molar-refractivity contribution is -0.116. The van der Waals surface area contributed by atoms with Crippen molar-refractivity contribution in [3.8, 4) is 0 Å². The number of likely N-dealkylation sites (tertiary alicyclic amines) is 1. The number of rotatable bonds is 6. The summed E-state index contributed by atoms with van der Waals surface area (Å²) in [5.74, 6) is 0.744. The predicted octanol–water partition coefficient (Wildman–Crippen LogP) is 4.00. The standard InChI is InChI=1S/C20H23Cl2N3O/c21-17-7-4-8-18(22)20(17)24-19(26)9-10-25-12-15(11-23)16(13-25)14-5-2-1-3-6-14/h1-8,15-16H,9-13,23H2,(H,24,26)/t15-,16+/m1/s1. The average molecular weight is 392 g/mol. The topological polar surface area (TPSA) is 58.4 Å². The van der Waals surface area contributed by atoms with E-state index in [2.05, 4.69) is 34.5 Å². The highest BCUT2D eigenvalue weighted by atomic mass is 35.5. The molecule has 1 aliphatic rings. The van der Waals surface area contributed by atoms with Crippen LogP contribution in [-0.4, -0.2) is 37.0 Å². The van der Waals surface area contributed by atoms with Crippen molar-refractivity contribution in [1.82, 2.24) is 4.90 Å². The van der Waals surface area contributed by atoms with Crippen LogP contribution in [-0.2, 0) is 4.79 Å². The molecule has 0 aliphatic carbocycles. The molecule has 0 bridgehead atoms. The van der Waals surface area contributed by atoms with Crippen molar-refractivity contribution in [2.45, 2.75) is 12.3 Å². The third-order valence-corrected chi connectivity index (χ3v) is 5.56. The van der Waals surface area contributed by atoms with E-state index < -0.39 is 0 Å². The molecule has 1 amide bonds. The zero-order valence-corrected chi connectivity index (χ0v) is 16.0. The second-order valence-corrected chi connectivity index (χ2v) is 7.48. The maximum absolute atomic E-state index is 12.3. The number of nitrogens with zero attached hydrogens (tertiary/aromatic N) is 1. The van der Waals surface area contributed by atoms with E-state index in [-0.39, 0.29) is 5.91 Å². The van der Waals surface area contributed by atoms with Gasteiger partial charge in [0, 0.05) is 32.0 Å². The van der Waals surface area contributed by atoms with Crippen molar-refractivity contribution in [3.05, 3.63) is 64.1 Å². The second-order valence-electron chi connectivity index (χ2n) is 6.67. The lowest BCUT2D eigenvalue weighted by atomic mass is 9.89. The van der Waals surface area contributed by atoms with Gasteiger partial charge in [0.15, 0.2) is 0 Å². The Hall–Kier alpha value is -1.59. The van der Waals surface area contributed by atoms with Crippen LogP contribution in [0.15, 0.2) is 48.5 Å².